The summed E-state index contributed by atoms with van der Waals surface area (Å²) in [4.78, 5) is 19.6. The number of methoxy groups -OCH3 is 2. The molecular weight excluding hydrogens is 532 g/mol. The van der Waals surface area contributed by atoms with Crippen molar-refractivity contribution in [1.82, 2.24) is 4.98 Å². The first-order chi connectivity index (χ1) is 20.5. The van der Waals surface area contributed by atoms with Gasteiger partial charge in [-0.2, -0.15) is 0 Å². The van der Waals surface area contributed by atoms with Gasteiger partial charge in [0.25, 0.3) is 0 Å². The van der Waals surface area contributed by atoms with Crippen molar-refractivity contribution in [2.45, 2.75) is 72.4 Å². The van der Waals surface area contributed by atoms with E-state index in [1.165, 1.54) is 11.1 Å². The van der Waals surface area contributed by atoms with Crippen LogP contribution in [0, 0.1) is 19.3 Å². The number of amides is 1. The van der Waals surface area contributed by atoms with E-state index in [4.69, 9.17) is 9.47 Å². The number of pyridine rings is 1. The third kappa shape index (κ3) is 9.79. The highest BCUT2D eigenvalue weighted by molar-refractivity contribution is 6.08. The Labute approximate surface area is 258 Å². The summed E-state index contributed by atoms with van der Waals surface area (Å²) in [5, 5.41) is 0. The van der Waals surface area contributed by atoms with Crippen molar-refractivity contribution in [2.24, 2.45) is 5.41 Å². The van der Waals surface area contributed by atoms with Crippen LogP contribution in [0.1, 0.15) is 62.9 Å². The highest BCUT2D eigenvalue weighted by Gasteiger charge is 2.59. The molecule has 5 heteroatoms. The molecule has 1 amide bonds. The summed E-state index contributed by atoms with van der Waals surface area (Å²) in [5.74, 6) is 0.951. The van der Waals surface area contributed by atoms with Crippen LogP contribution in [0.3, 0.4) is 0 Å². The van der Waals surface area contributed by atoms with Gasteiger partial charge < -0.3 is 14.4 Å². The monoisotopic (exact) mass is 580 g/mol. The van der Waals surface area contributed by atoms with Gasteiger partial charge in [-0.25, -0.2) is 0 Å². The zero-order valence-corrected chi connectivity index (χ0v) is 27.1. The summed E-state index contributed by atoms with van der Waals surface area (Å²) in [7, 11) is 3.35. The lowest BCUT2D eigenvalue weighted by molar-refractivity contribution is -0.132. The molecule has 0 atom stereocenters. The third-order valence-corrected chi connectivity index (χ3v) is 7.05. The van der Waals surface area contributed by atoms with Crippen LogP contribution in [-0.4, -0.2) is 31.2 Å². The summed E-state index contributed by atoms with van der Waals surface area (Å²) in [6.07, 6.45) is 3.34. The first kappa shape index (κ1) is 33.5. The number of ether oxygens (including phenoxy) is 2. The zero-order chi connectivity index (χ0) is 31.5. The fraction of sp³-hybridized carbons (Fsp3) is 0.368. The van der Waals surface area contributed by atoms with Crippen LogP contribution in [0.4, 0.5) is 5.69 Å². The predicted molar refractivity (Wildman–Crippen MR) is 178 cm³/mol. The van der Waals surface area contributed by atoms with E-state index in [-0.39, 0.29) is 12.0 Å². The molecule has 1 fully saturated rings. The summed E-state index contributed by atoms with van der Waals surface area (Å²) in [5.41, 5.74) is 5.54. The number of aryl methyl sites for hydroxylation is 2. The maximum Gasteiger partial charge on any atom is 0.239 e. The van der Waals surface area contributed by atoms with E-state index >= 15 is 0 Å². The lowest BCUT2D eigenvalue weighted by Crippen LogP contribution is -2.52. The number of carbonyl (C=O) groups is 1. The predicted octanol–water partition coefficient (Wildman–Crippen LogP) is 8.73. The van der Waals surface area contributed by atoms with Crippen LogP contribution in [0.25, 0.3) is 0 Å². The van der Waals surface area contributed by atoms with Gasteiger partial charge in [-0.05, 0) is 61.9 Å². The molecule has 0 N–H and O–H groups in total. The molecule has 0 saturated heterocycles. The average Bonchev–Trinajstić information content (AvgIpc) is 3.21. The Balaban J connectivity index is 0.000000215. The molecule has 1 aliphatic heterocycles. The van der Waals surface area contributed by atoms with Crippen LogP contribution in [0.15, 0.2) is 103 Å². The molecule has 43 heavy (non-hydrogen) atoms. The number of aromatic nitrogens is 1. The molecule has 0 unspecified atom stereocenters. The SMILES string of the molecule is CC(C)(C)C.COc1ccc(CN2C(=O)C3(CC(OC)C3)c3ncccc32)cc1.Cc1ccccc1.Cc1ccccc1. The molecule has 1 spiro atoms. The minimum Gasteiger partial charge on any atom is -0.497 e. The van der Waals surface area contributed by atoms with E-state index in [0.29, 0.717) is 24.8 Å². The second-order valence-electron chi connectivity index (χ2n) is 12.8. The number of nitrogens with zero attached hydrogens (tertiary/aromatic N) is 2. The lowest BCUT2D eigenvalue weighted by Gasteiger charge is -2.42. The normalized spacial score (nSPS) is 18.1. The van der Waals surface area contributed by atoms with Gasteiger partial charge in [0.15, 0.2) is 0 Å². The summed E-state index contributed by atoms with van der Waals surface area (Å²) >= 11 is 0. The Morgan fingerprint density at radius 2 is 1.30 bits per heavy atom. The highest BCUT2D eigenvalue weighted by Crippen LogP contribution is 2.53. The van der Waals surface area contributed by atoms with E-state index in [0.717, 1.165) is 22.7 Å². The lowest BCUT2D eigenvalue weighted by atomic mass is 9.65. The second kappa shape index (κ2) is 15.5. The first-order valence-corrected chi connectivity index (χ1v) is 14.9. The molecule has 228 valence electrons. The highest BCUT2D eigenvalue weighted by atomic mass is 16.5. The van der Waals surface area contributed by atoms with Crippen LogP contribution in [0.2, 0.25) is 0 Å². The van der Waals surface area contributed by atoms with Crippen LogP contribution in [-0.2, 0) is 21.5 Å². The molecule has 0 bridgehead atoms. The first-order valence-electron chi connectivity index (χ1n) is 14.9. The summed E-state index contributed by atoms with van der Waals surface area (Å²) < 4.78 is 10.6. The quantitative estimate of drug-likeness (QED) is 0.242. The van der Waals surface area contributed by atoms with Crippen molar-refractivity contribution in [2.75, 3.05) is 19.1 Å². The average molecular weight is 581 g/mol. The van der Waals surface area contributed by atoms with Gasteiger partial charge in [0.05, 0.1) is 36.6 Å². The maximum atomic E-state index is 13.2. The number of hydrogen-bond acceptors (Lipinski definition) is 4. The standard InChI is InChI=1S/C19H20N2O3.2C7H8.C5H12/c1-23-14-7-5-13(6-8-14)12-21-16-4-3-9-20-17(16)19(18(21)22)10-15(11-19)24-2;2*1-7-5-3-2-4-6-7;1-5(2,3)4/h3-9,15H,10-12H2,1-2H3;2*2-6H,1H3;1-4H3. The van der Waals surface area contributed by atoms with Crippen molar-refractivity contribution < 1.29 is 14.3 Å². The maximum absolute atomic E-state index is 13.2. The van der Waals surface area contributed by atoms with E-state index < -0.39 is 5.41 Å². The van der Waals surface area contributed by atoms with Gasteiger partial charge in [-0.1, -0.05) is 112 Å². The van der Waals surface area contributed by atoms with Gasteiger partial charge >= 0.3 is 0 Å². The minimum absolute atomic E-state index is 0.139. The fourth-order valence-corrected chi connectivity index (χ4v) is 4.84. The molecule has 2 heterocycles. The third-order valence-electron chi connectivity index (χ3n) is 7.05. The molecule has 0 radical (unpaired) electrons. The molecule has 1 saturated carbocycles. The van der Waals surface area contributed by atoms with Gasteiger partial charge in [0, 0.05) is 13.3 Å². The van der Waals surface area contributed by atoms with Crippen LogP contribution in [0.5, 0.6) is 5.75 Å². The Kier molecular flexibility index (Phi) is 12.1. The van der Waals surface area contributed by atoms with Crippen molar-refractivity contribution in [3.8, 4) is 5.75 Å². The van der Waals surface area contributed by atoms with Crippen molar-refractivity contribution >= 4 is 11.6 Å². The minimum atomic E-state index is -0.496. The van der Waals surface area contributed by atoms with Crippen molar-refractivity contribution in [1.29, 1.82) is 0 Å². The van der Waals surface area contributed by atoms with E-state index in [1.54, 1.807) is 20.4 Å². The number of fused-ring (bicyclic) bond motifs is 2. The van der Waals surface area contributed by atoms with Crippen LogP contribution < -0.4 is 9.64 Å². The Bertz CT molecular complexity index is 1350. The van der Waals surface area contributed by atoms with Gasteiger partial charge in [0.1, 0.15) is 5.75 Å². The molecule has 3 aromatic carbocycles. The number of benzene rings is 3. The van der Waals surface area contributed by atoms with Crippen molar-refractivity contribution in [3.05, 3.63) is 126 Å². The number of anilines is 1. The topological polar surface area (TPSA) is 51.7 Å². The molecule has 4 aromatic rings. The van der Waals surface area contributed by atoms with Gasteiger partial charge in [0.2, 0.25) is 5.91 Å². The van der Waals surface area contributed by atoms with E-state index in [2.05, 4.69) is 70.8 Å². The molecule has 6 rings (SSSR count). The van der Waals surface area contributed by atoms with Gasteiger partial charge in [-0.15, -0.1) is 0 Å². The van der Waals surface area contributed by atoms with Crippen LogP contribution >= 0.6 is 0 Å². The smallest absolute Gasteiger partial charge is 0.239 e. The fourth-order valence-electron chi connectivity index (χ4n) is 4.84. The number of hydrogen-bond donors (Lipinski definition) is 0. The van der Waals surface area contributed by atoms with E-state index in [1.807, 2.05) is 77.7 Å². The number of rotatable bonds is 4. The Morgan fingerprint density at radius 1 is 0.791 bits per heavy atom. The molecule has 5 nitrogen and oxygen atoms in total. The second-order valence-corrected chi connectivity index (χ2v) is 12.8. The van der Waals surface area contributed by atoms with Crippen molar-refractivity contribution in [3.63, 3.8) is 0 Å². The Hall–Kier alpha value is -3.96. The molecular formula is C38H48N2O3. The van der Waals surface area contributed by atoms with Gasteiger partial charge in [-0.3, -0.25) is 9.78 Å². The molecule has 2 aliphatic rings. The molecule has 1 aliphatic carbocycles. The zero-order valence-electron chi connectivity index (χ0n) is 27.1. The largest absolute Gasteiger partial charge is 0.497 e. The Morgan fingerprint density at radius 3 is 1.72 bits per heavy atom. The molecule has 1 aromatic heterocycles. The summed E-state index contributed by atoms with van der Waals surface area (Å²) in [6.45, 7) is 13.5. The summed E-state index contributed by atoms with van der Waals surface area (Å²) in [6, 6.07) is 32.2. The number of carbonyl (C=O) groups excluding carboxylic acids is 1. The van der Waals surface area contributed by atoms with E-state index in [9.17, 15) is 4.79 Å².